The van der Waals surface area contributed by atoms with Gasteiger partial charge in [0.25, 0.3) is 0 Å². The van der Waals surface area contributed by atoms with E-state index in [1.54, 1.807) is 7.11 Å². The minimum atomic E-state index is -0.168. The maximum Gasteiger partial charge on any atom is 0.163 e. The van der Waals surface area contributed by atoms with E-state index in [0.717, 1.165) is 61.5 Å². The molecule has 6 heteroatoms. The fourth-order valence-electron chi connectivity index (χ4n) is 5.30. The highest BCUT2D eigenvalue weighted by atomic mass is 16.5. The number of aryl methyl sites for hydroxylation is 1. The summed E-state index contributed by atoms with van der Waals surface area (Å²) in [6.07, 6.45) is 9.68. The van der Waals surface area contributed by atoms with Crippen molar-refractivity contribution < 1.29 is 14.6 Å². The first-order valence-electron chi connectivity index (χ1n) is 12.0. The summed E-state index contributed by atoms with van der Waals surface area (Å²) < 4.78 is 11.9. The number of pyridine rings is 1. The number of aliphatic hydroxyl groups is 1. The average Bonchev–Trinajstić information content (AvgIpc) is 3.29. The molecule has 168 valence electrons. The first kappa shape index (κ1) is 20.8. The lowest BCUT2D eigenvalue weighted by Crippen LogP contribution is -2.39. The Balaban J connectivity index is 1.39. The van der Waals surface area contributed by atoms with Crippen molar-refractivity contribution in [1.82, 2.24) is 9.88 Å². The van der Waals surface area contributed by atoms with Gasteiger partial charge in [-0.3, -0.25) is 0 Å². The molecular weight excluding hydrogens is 390 g/mol. The molecule has 2 aromatic rings. The summed E-state index contributed by atoms with van der Waals surface area (Å²) in [4.78, 5) is 7.54. The summed E-state index contributed by atoms with van der Waals surface area (Å²) >= 11 is 0. The first-order valence-corrected chi connectivity index (χ1v) is 12.0. The Morgan fingerprint density at radius 1 is 1.06 bits per heavy atom. The number of aliphatic hydroxyl groups excluding tert-OH is 1. The quantitative estimate of drug-likeness (QED) is 0.625. The van der Waals surface area contributed by atoms with Crippen molar-refractivity contribution >= 4 is 16.7 Å². The molecule has 3 aliphatic rings. The summed E-state index contributed by atoms with van der Waals surface area (Å²) in [6.45, 7) is 4.24. The molecule has 0 amide bonds. The topological polar surface area (TPSA) is 66.8 Å². The Bertz CT molecular complexity index is 920. The van der Waals surface area contributed by atoms with Crippen LogP contribution in [0.1, 0.15) is 56.1 Å². The predicted octanol–water partition coefficient (Wildman–Crippen LogP) is 3.92. The van der Waals surface area contributed by atoms with E-state index in [2.05, 4.69) is 22.3 Å². The SMILES string of the molecule is COc1cc2c3c(c(N[C@H]4C[C@H](O)C4)nc2cc1OCCCN1CCCC1)CCCC3. The van der Waals surface area contributed by atoms with E-state index in [0.29, 0.717) is 12.6 Å². The monoisotopic (exact) mass is 425 g/mol. The smallest absolute Gasteiger partial charge is 0.163 e. The zero-order valence-electron chi connectivity index (χ0n) is 18.7. The van der Waals surface area contributed by atoms with Crippen LogP contribution in [-0.4, -0.2) is 60.5 Å². The molecule has 31 heavy (non-hydrogen) atoms. The highest BCUT2D eigenvalue weighted by molar-refractivity contribution is 5.89. The third kappa shape index (κ3) is 4.46. The van der Waals surface area contributed by atoms with Gasteiger partial charge in [0.15, 0.2) is 11.5 Å². The Labute approximate surface area is 184 Å². The molecular formula is C25H35N3O3. The minimum Gasteiger partial charge on any atom is -0.493 e. The van der Waals surface area contributed by atoms with Gasteiger partial charge in [0.2, 0.25) is 0 Å². The predicted molar refractivity (Wildman–Crippen MR) is 123 cm³/mol. The summed E-state index contributed by atoms with van der Waals surface area (Å²) in [5.41, 5.74) is 3.72. The van der Waals surface area contributed by atoms with E-state index >= 15 is 0 Å². The zero-order chi connectivity index (χ0) is 21.2. The van der Waals surface area contributed by atoms with Crippen molar-refractivity contribution in [3.8, 4) is 11.5 Å². The van der Waals surface area contributed by atoms with Crippen LogP contribution in [0.25, 0.3) is 10.9 Å². The number of fused-ring (bicyclic) bond motifs is 3. The van der Waals surface area contributed by atoms with Crippen molar-refractivity contribution in [2.45, 2.75) is 69.9 Å². The zero-order valence-corrected chi connectivity index (χ0v) is 18.7. The lowest BCUT2D eigenvalue weighted by atomic mass is 9.87. The summed E-state index contributed by atoms with van der Waals surface area (Å²) in [5.74, 6) is 2.58. The van der Waals surface area contributed by atoms with Gasteiger partial charge in [-0.25, -0.2) is 4.98 Å². The number of nitrogens with zero attached hydrogens (tertiary/aromatic N) is 2. The van der Waals surface area contributed by atoms with Crippen LogP contribution in [0, 0.1) is 0 Å². The molecule has 1 aromatic carbocycles. The lowest BCUT2D eigenvalue weighted by molar-refractivity contribution is 0.0835. The average molecular weight is 426 g/mol. The normalized spacial score (nSPS) is 23.4. The molecule has 1 saturated heterocycles. The largest absolute Gasteiger partial charge is 0.493 e. The molecule has 0 unspecified atom stereocenters. The molecule has 5 rings (SSSR count). The molecule has 1 aliphatic heterocycles. The number of methoxy groups -OCH3 is 1. The van der Waals surface area contributed by atoms with Gasteiger partial charge in [-0.05, 0) is 88.1 Å². The van der Waals surface area contributed by atoms with Gasteiger partial charge in [-0.1, -0.05) is 0 Å². The minimum absolute atomic E-state index is 0.168. The summed E-state index contributed by atoms with van der Waals surface area (Å²) in [5, 5.41) is 14.5. The maximum atomic E-state index is 9.68. The van der Waals surface area contributed by atoms with Gasteiger partial charge in [-0.2, -0.15) is 0 Å². The number of nitrogens with one attached hydrogen (secondary N) is 1. The standard InChI is InChI=1S/C25H35N3O3/c1-30-23-15-21-19-7-2-3-8-20(19)25(26-17-13-18(29)14-17)27-22(21)16-24(23)31-12-6-11-28-9-4-5-10-28/h15-18,29H,2-14H2,1H3,(H,26,27)/t17-,18-. The van der Waals surface area contributed by atoms with Crippen LogP contribution in [-0.2, 0) is 12.8 Å². The van der Waals surface area contributed by atoms with E-state index in [1.165, 1.54) is 55.3 Å². The highest BCUT2D eigenvalue weighted by Crippen LogP contribution is 2.39. The molecule has 6 nitrogen and oxygen atoms in total. The van der Waals surface area contributed by atoms with Crippen molar-refractivity contribution in [3.63, 3.8) is 0 Å². The molecule has 0 spiro atoms. The van der Waals surface area contributed by atoms with Crippen LogP contribution in [0.5, 0.6) is 11.5 Å². The lowest BCUT2D eigenvalue weighted by Gasteiger charge is -2.34. The molecule has 0 radical (unpaired) electrons. The van der Waals surface area contributed by atoms with Gasteiger partial charge < -0.3 is 24.8 Å². The number of benzene rings is 1. The van der Waals surface area contributed by atoms with Crippen molar-refractivity contribution in [1.29, 1.82) is 0 Å². The molecule has 2 N–H and O–H groups in total. The van der Waals surface area contributed by atoms with E-state index in [9.17, 15) is 5.11 Å². The van der Waals surface area contributed by atoms with Gasteiger partial charge in [0, 0.05) is 24.0 Å². The summed E-state index contributed by atoms with van der Waals surface area (Å²) in [7, 11) is 1.72. The van der Waals surface area contributed by atoms with E-state index in [4.69, 9.17) is 14.5 Å². The van der Waals surface area contributed by atoms with Gasteiger partial charge in [0.1, 0.15) is 5.82 Å². The third-order valence-electron chi connectivity index (χ3n) is 7.12. The molecule has 1 saturated carbocycles. The summed E-state index contributed by atoms with van der Waals surface area (Å²) in [6, 6.07) is 4.50. The van der Waals surface area contributed by atoms with Crippen LogP contribution in [0.3, 0.4) is 0 Å². The second-order valence-corrected chi connectivity index (χ2v) is 9.36. The number of aromatic nitrogens is 1. The second kappa shape index (κ2) is 9.21. The van der Waals surface area contributed by atoms with Gasteiger partial charge in [-0.15, -0.1) is 0 Å². The Hall–Kier alpha value is -2.05. The van der Waals surface area contributed by atoms with Gasteiger partial charge >= 0.3 is 0 Å². The van der Waals surface area contributed by atoms with Crippen molar-refractivity contribution in [2.24, 2.45) is 0 Å². The second-order valence-electron chi connectivity index (χ2n) is 9.36. The molecule has 1 aromatic heterocycles. The van der Waals surface area contributed by atoms with Crippen LogP contribution in [0.2, 0.25) is 0 Å². The van der Waals surface area contributed by atoms with Crippen LogP contribution in [0.15, 0.2) is 12.1 Å². The highest BCUT2D eigenvalue weighted by Gasteiger charge is 2.29. The third-order valence-corrected chi connectivity index (χ3v) is 7.12. The Kier molecular flexibility index (Phi) is 6.19. The van der Waals surface area contributed by atoms with Crippen LogP contribution in [0.4, 0.5) is 5.82 Å². The molecule has 0 bridgehead atoms. The fourth-order valence-corrected chi connectivity index (χ4v) is 5.30. The number of anilines is 1. The molecule has 2 heterocycles. The fraction of sp³-hybridized carbons (Fsp3) is 0.640. The number of hydrogen-bond acceptors (Lipinski definition) is 6. The van der Waals surface area contributed by atoms with Crippen molar-refractivity contribution in [2.75, 3.05) is 38.7 Å². The Morgan fingerprint density at radius 2 is 1.84 bits per heavy atom. The number of likely N-dealkylation sites (tertiary alicyclic amines) is 1. The number of rotatable bonds is 8. The Morgan fingerprint density at radius 3 is 2.58 bits per heavy atom. The molecule has 2 aliphatic carbocycles. The van der Waals surface area contributed by atoms with E-state index in [-0.39, 0.29) is 6.10 Å². The van der Waals surface area contributed by atoms with Gasteiger partial charge in [0.05, 0.1) is 25.3 Å². The maximum absolute atomic E-state index is 9.68. The number of ether oxygens (including phenoxy) is 2. The molecule has 2 fully saturated rings. The van der Waals surface area contributed by atoms with Crippen molar-refractivity contribution in [3.05, 3.63) is 23.3 Å². The molecule has 0 atom stereocenters. The van der Waals surface area contributed by atoms with E-state index < -0.39 is 0 Å². The number of hydrogen-bond donors (Lipinski definition) is 2. The van der Waals surface area contributed by atoms with E-state index in [1.807, 2.05) is 0 Å². The first-order chi connectivity index (χ1) is 15.2. The van der Waals surface area contributed by atoms with Crippen LogP contribution < -0.4 is 14.8 Å². The van der Waals surface area contributed by atoms with Crippen LogP contribution >= 0.6 is 0 Å².